The van der Waals surface area contributed by atoms with Gasteiger partial charge in [-0.15, -0.1) is 0 Å². The number of aryl methyl sites for hydroxylation is 4. The third-order valence-electron chi connectivity index (χ3n) is 5.91. The number of rotatable bonds is 4. The molecule has 6 nitrogen and oxygen atoms in total. The summed E-state index contributed by atoms with van der Waals surface area (Å²) in [4.78, 5) is 39.1. The van der Waals surface area contributed by atoms with E-state index in [4.69, 9.17) is 0 Å². The van der Waals surface area contributed by atoms with E-state index in [9.17, 15) is 14.4 Å². The molecule has 0 spiro atoms. The second kappa shape index (κ2) is 7.03. The second-order valence-corrected chi connectivity index (χ2v) is 8.15. The highest BCUT2D eigenvalue weighted by Crippen LogP contribution is 2.32. The van der Waals surface area contributed by atoms with Crippen molar-refractivity contribution in [3.8, 4) is 0 Å². The Morgan fingerprint density at radius 2 is 1.86 bits per heavy atom. The quantitative estimate of drug-likeness (QED) is 0.786. The number of benzene rings is 2. The molecular weight excluding hydrogens is 366 g/mol. The number of nitrogens with zero attached hydrogens (tertiary/aromatic N) is 1. The van der Waals surface area contributed by atoms with Crippen LogP contribution in [-0.2, 0) is 28.0 Å². The average Bonchev–Trinajstić information content (AvgIpc) is 3.22. The first kappa shape index (κ1) is 19.2. The van der Waals surface area contributed by atoms with Crippen LogP contribution in [0.25, 0.3) is 0 Å². The predicted molar refractivity (Wildman–Crippen MR) is 111 cm³/mol. The van der Waals surface area contributed by atoms with E-state index in [-0.39, 0.29) is 6.54 Å². The zero-order valence-electron chi connectivity index (χ0n) is 17.0. The fourth-order valence-electron chi connectivity index (χ4n) is 4.21. The van der Waals surface area contributed by atoms with Gasteiger partial charge in [0.15, 0.2) is 0 Å². The number of imide groups is 1. The summed E-state index contributed by atoms with van der Waals surface area (Å²) >= 11 is 0. The molecule has 2 aromatic rings. The smallest absolute Gasteiger partial charge is 0.324 e. The van der Waals surface area contributed by atoms with Gasteiger partial charge in [-0.25, -0.2) is 4.79 Å². The van der Waals surface area contributed by atoms with Crippen LogP contribution in [0.1, 0.15) is 41.2 Å². The minimum atomic E-state index is -1.16. The van der Waals surface area contributed by atoms with E-state index in [2.05, 4.69) is 10.6 Å². The third-order valence-corrected chi connectivity index (χ3v) is 5.91. The number of nitrogens with one attached hydrogen (secondary N) is 2. The van der Waals surface area contributed by atoms with Crippen LogP contribution in [0, 0.1) is 13.8 Å². The van der Waals surface area contributed by atoms with E-state index in [0.717, 1.165) is 40.9 Å². The van der Waals surface area contributed by atoms with E-state index >= 15 is 0 Å². The molecule has 0 radical (unpaired) electrons. The lowest BCUT2D eigenvalue weighted by Crippen LogP contribution is -2.42. The normalized spacial score (nSPS) is 20.6. The van der Waals surface area contributed by atoms with Gasteiger partial charge in [0.25, 0.3) is 5.91 Å². The molecule has 0 saturated carbocycles. The van der Waals surface area contributed by atoms with Crippen molar-refractivity contribution in [2.24, 2.45) is 0 Å². The first-order chi connectivity index (χ1) is 13.8. The summed E-state index contributed by atoms with van der Waals surface area (Å²) in [7, 11) is 0. The molecule has 2 aliphatic rings. The predicted octanol–water partition coefficient (Wildman–Crippen LogP) is 3.20. The average molecular weight is 391 g/mol. The van der Waals surface area contributed by atoms with Crippen molar-refractivity contribution in [3.05, 3.63) is 64.2 Å². The van der Waals surface area contributed by atoms with Crippen LogP contribution < -0.4 is 10.6 Å². The van der Waals surface area contributed by atoms with Gasteiger partial charge in [-0.2, -0.15) is 0 Å². The molecule has 0 aromatic heterocycles. The van der Waals surface area contributed by atoms with Crippen molar-refractivity contribution in [2.75, 3.05) is 11.9 Å². The topological polar surface area (TPSA) is 78.5 Å². The number of hydrogen-bond acceptors (Lipinski definition) is 3. The maximum absolute atomic E-state index is 13.1. The van der Waals surface area contributed by atoms with Gasteiger partial charge >= 0.3 is 6.03 Å². The summed E-state index contributed by atoms with van der Waals surface area (Å²) in [5.74, 6) is -0.810. The SMILES string of the molecule is Cc1ccc(NC(=O)CN2C(=O)NC(C)(c3ccc4c(c3)CCC4)C2=O)c(C)c1. The van der Waals surface area contributed by atoms with Crippen LogP contribution in [0.15, 0.2) is 36.4 Å². The van der Waals surface area contributed by atoms with Gasteiger partial charge in [0.05, 0.1) is 0 Å². The summed E-state index contributed by atoms with van der Waals surface area (Å²) in [6.45, 7) is 5.26. The Labute approximate surface area is 170 Å². The largest absolute Gasteiger partial charge is 0.325 e. The highest BCUT2D eigenvalue weighted by atomic mass is 16.2. The molecule has 4 rings (SSSR count). The van der Waals surface area contributed by atoms with Crippen LogP contribution in [0.4, 0.5) is 10.5 Å². The lowest BCUT2D eigenvalue weighted by atomic mass is 9.89. The van der Waals surface area contributed by atoms with Crippen LogP contribution in [0.2, 0.25) is 0 Å². The fraction of sp³-hybridized carbons (Fsp3) is 0.348. The molecule has 0 bridgehead atoms. The molecule has 150 valence electrons. The third kappa shape index (κ3) is 3.39. The zero-order chi connectivity index (χ0) is 20.8. The molecule has 6 heteroatoms. The Morgan fingerprint density at radius 1 is 1.10 bits per heavy atom. The van der Waals surface area contributed by atoms with Crippen molar-refractivity contribution in [1.29, 1.82) is 0 Å². The van der Waals surface area contributed by atoms with Crippen molar-refractivity contribution in [3.63, 3.8) is 0 Å². The summed E-state index contributed by atoms with van der Waals surface area (Å²) in [5.41, 5.74) is 4.84. The molecule has 1 aliphatic heterocycles. The highest BCUT2D eigenvalue weighted by molar-refractivity contribution is 6.10. The molecular formula is C23H25N3O3. The number of hydrogen-bond donors (Lipinski definition) is 2. The van der Waals surface area contributed by atoms with E-state index in [1.54, 1.807) is 6.92 Å². The van der Waals surface area contributed by atoms with Crippen LogP contribution in [0.3, 0.4) is 0 Å². The fourth-order valence-corrected chi connectivity index (χ4v) is 4.21. The van der Waals surface area contributed by atoms with E-state index in [1.165, 1.54) is 11.1 Å². The van der Waals surface area contributed by atoms with Gasteiger partial charge in [0.2, 0.25) is 5.91 Å². The van der Waals surface area contributed by atoms with Gasteiger partial charge in [0, 0.05) is 5.69 Å². The summed E-state index contributed by atoms with van der Waals surface area (Å²) in [6.07, 6.45) is 3.15. The molecule has 29 heavy (non-hydrogen) atoms. The highest BCUT2D eigenvalue weighted by Gasteiger charge is 2.49. The first-order valence-corrected chi connectivity index (χ1v) is 9.91. The number of anilines is 1. The lowest BCUT2D eigenvalue weighted by Gasteiger charge is -2.23. The second-order valence-electron chi connectivity index (χ2n) is 8.15. The van der Waals surface area contributed by atoms with Crippen molar-refractivity contribution in [2.45, 2.75) is 45.6 Å². The zero-order valence-corrected chi connectivity index (χ0v) is 17.0. The monoisotopic (exact) mass is 391 g/mol. The molecule has 2 N–H and O–H groups in total. The Hall–Kier alpha value is -3.15. The molecule has 1 aliphatic carbocycles. The lowest BCUT2D eigenvalue weighted by molar-refractivity contribution is -0.133. The van der Waals surface area contributed by atoms with E-state index < -0.39 is 23.4 Å². The minimum Gasteiger partial charge on any atom is -0.324 e. The van der Waals surface area contributed by atoms with Gasteiger partial charge in [-0.05, 0) is 68.4 Å². The van der Waals surface area contributed by atoms with Gasteiger partial charge in [-0.3, -0.25) is 14.5 Å². The first-order valence-electron chi connectivity index (χ1n) is 9.91. The maximum Gasteiger partial charge on any atom is 0.325 e. The van der Waals surface area contributed by atoms with Crippen LogP contribution >= 0.6 is 0 Å². The summed E-state index contributed by atoms with van der Waals surface area (Å²) < 4.78 is 0. The molecule has 1 saturated heterocycles. The van der Waals surface area contributed by atoms with Crippen LogP contribution in [0.5, 0.6) is 0 Å². The van der Waals surface area contributed by atoms with E-state index in [0.29, 0.717) is 5.69 Å². The molecule has 1 atom stereocenters. The van der Waals surface area contributed by atoms with E-state index in [1.807, 2.05) is 50.2 Å². The van der Waals surface area contributed by atoms with Gasteiger partial charge in [-0.1, -0.05) is 35.9 Å². The number of carbonyl (C=O) groups excluding carboxylic acids is 3. The molecule has 2 aromatic carbocycles. The van der Waals surface area contributed by atoms with Gasteiger partial charge in [0.1, 0.15) is 12.1 Å². The number of urea groups is 1. The molecule has 4 amide bonds. The van der Waals surface area contributed by atoms with Crippen molar-refractivity contribution in [1.82, 2.24) is 10.2 Å². The Balaban J connectivity index is 1.51. The number of amides is 4. The Morgan fingerprint density at radius 3 is 2.62 bits per heavy atom. The standard InChI is InChI=1S/C23H25N3O3/c1-14-7-10-19(15(2)11-14)24-20(27)13-26-21(28)23(3,25-22(26)29)18-9-8-16-5-4-6-17(16)12-18/h7-12H,4-6,13H2,1-3H3,(H,24,27)(H,25,29). The number of fused-ring (bicyclic) bond motifs is 1. The summed E-state index contributed by atoms with van der Waals surface area (Å²) in [6, 6.07) is 11.1. The maximum atomic E-state index is 13.1. The van der Waals surface area contributed by atoms with Crippen molar-refractivity contribution < 1.29 is 14.4 Å². The van der Waals surface area contributed by atoms with Crippen molar-refractivity contribution >= 4 is 23.5 Å². The van der Waals surface area contributed by atoms with Crippen LogP contribution in [-0.4, -0.2) is 29.3 Å². The Bertz CT molecular complexity index is 1030. The summed E-state index contributed by atoms with van der Waals surface area (Å²) in [5, 5.41) is 5.58. The Kier molecular flexibility index (Phi) is 4.65. The van der Waals surface area contributed by atoms with Gasteiger partial charge < -0.3 is 10.6 Å². The molecule has 1 unspecified atom stereocenters. The molecule has 1 fully saturated rings. The number of carbonyl (C=O) groups is 3. The minimum absolute atomic E-state index is 0.321. The molecule has 1 heterocycles.